The first-order chi connectivity index (χ1) is 10.1. The van der Waals surface area contributed by atoms with Crippen molar-refractivity contribution in [3.05, 3.63) is 64.1 Å². The molecule has 0 atom stereocenters. The number of carbonyl (C=O) groups excluding carboxylic acids is 1. The molecule has 0 radical (unpaired) electrons. The maximum atomic E-state index is 11.9. The number of rotatable bonds is 4. The van der Waals surface area contributed by atoms with E-state index in [9.17, 15) is 4.79 Å². The molecule has 2 rings (SSSR count). The molecule has 0 aliphatic heterocycles. The molecule has 0 aliphatic carbocycles. The van der Waals surface area contributed by atoms with Crippen molar-refractivity contribution in [2.75, 3.05) is 19.0 Å². The fourth-order valence-corrected chi connectivity index (χ4v) is 1.95. The van der Waals surface area contributed by atoms with Crippen LogP contribution in [0.15, 0.2) is 58.1 Å². The Morgan fingerprint density at radius 1 is 1.10 bits per heavy atom. The maximum Gasteiger partial charge on any atom is 0.271 e. The third kappa shape index (κ3) is 4.43. The molecule has 1 N–H and O–H groups in total. The van der Waals surface area contributed by atoms with Gasteiger partial charge in [-0.3, -0.25) is 4.79 Å². The highest BCUT2D eigenvalue weighted by atomic mass is 79.9. The SMILES string of the molecule is CN(C)c1ccc(C(=O)NN=Cc2ccc(Br)cc2)cc1. The second-order valence-electron chi connectivity index (χ2n) is 4.69. The average molecular weight is 346 g/mol. The minimum absolute atomic E-state index is 0.228. The molecular formula is C16H16BrN3O. The number of hydrazone groups is 1. The normalized spacial score (nSPS) is 10.6. The summed E-state index contributed by atoms with van der Waals surface area (Å²) in [4.78, 5) is 13.9. The Kier molecular flexibility index (Phi) is 5.11. The van der Waals surface area contributed by atoms with E-state index in [0.29, 0.717) is 5.56 Å². The molecule has 0 spiro atoms. The van der Waals surface area contributed by atoms with E-state index in [2.05, 4.69) is 26.5 Å². The first-order valence-electron chi connectivity index (χ1n) is 6.42. The van der Waals surface area contributed by atoms with E-state index in [1.165, 1.54) is 0 Å². The van der Waals surface area contributed by atoms with Crippen molar-refractivity contribution >= 4 is 33.7 Å². The molecule has 1 amide bonds. The minimum atomic E-state index is -0.228. The Labute approximate surface area is 132 Å². The smallest absolute Gasteiger partial charge is 0.271 e. The fraction of sp³-hybridized carbons (Fsp3) is 0.125. The molecule has 0 aromatic heterocycles. The van der Waals surface area contributed by atoms with Crippen molar-refractivity contribution in [3.63, 3.8) is 0 Å². The van der Waals surface area contributed by atoms with Crippen LogP contribution < -0.4 is 10.3 Å². The van der Waals surface area contributed by atoms with Gasteiger partial charge in [0.05, 0.1) is 6.21 Å². The molecule has 2 aromatic carbocycles. The molecule has 0 saturated heterocycles. The van der Waals surface area contributed by atoms with Crippen molar-refractivity contribution in [3.8, 4) is 0 Å². The van der Waals surface area contributed by atoms with Gasteiger partial charge < -0.3 is 4.90 Å². The highest BCUT2D eigenvalue weighted by Gasteiger charge is 2.04. The predicted molar refractivity (Wildman–Crippen MR) is 90.0 cm³/mol. The lowest BCUT2D eigenvalue weighted by molar-refractivity contribution is 0.0955. The van der Waals surface area contributed by atoms with Gasteiger partial charge in [0.1, 0.15) is 0 Å². The van der Waals surface area contributed by atoms with Gasteiger partial charge in [-0.1, -0.05) is 28.1 Å². The third-order valence-electron chi connectivity index (χ3n) is 2.90. The number of nitrogens with one attached hydrogen (secondary N) is 1. The topological polar surface area (TPSA) is 44.7 Å². The number of hydrogen-bond acceptors (Lipinski definition) is 3. The average Bonchev–Trinajstić information content (AvgIpc) is 2.49. The molecule has 0 bridgehead atoms. The first kappa shape index (κ1) is 15.3. The molecular weight excluding hydrogens is 330 g/mol. The van der Waals surface area contributed by atoms with Crippen molar-refractivity contribution < 1.29 is 4.79 Å². The van der Waals surface area contributed by atoms with Crippen LogP contribution >= 0.6 is 15.9 Å². The highest BCUT2D eigenvalue weighted by Crippen LogP contribution is 2.12. The quantitative estimate of drug-likeness (QED) is 0.682. The number of amides is 1. The van der Waals surface area contributed by atoms with Gasteiger partial charge in [0.2, 0.25) is 0 Å². The van der Waals surface area contributed by atoms with Crippen LogP contribution in [0.1, 0.15) is 15.9 Å². The molecule has 0 heterocycles. The second-order valence-corrected chi connectivity index (χ2v) is 5.61. The summed E-state index contributed by atoms with van der Waals surface area (Å²) in [6, 6.07) is 15.0. The highest BCUT2D eigenvalue weighted by molar-refractivity contribution is 9.10. The molecule has 4 nitrogen and oxygen atoms in total. The summed E-state index contributed by atoms with van der Waals surface area (Å²) in [5, 5.41) is 3.95. The minimum Gasteiger partial charge on any atom is -0.378 e. The fourth-order valence-electron chi connectivity index (χ4n) is 1.69. The molecule has 0 unspecified atom stereocenters. The van der Waals surface area contributed by atoms with Gasteiger partial charge in [-0.15, -0.1) is 0 Å². The van der Waals surface area contributed by atoms with Crippen LogP contribution in [-0.4, -0.2) is 26.2 Å². The number of benzene rings is 2. The number of carbonyl (C=O) groups is 1. The van der Waals surface area contributed by atoms with E-state index < -0.39 is 0 Å². The lowest BCUT2D eigenvalue weighted by Crippen LogP contribution is -2.17. The molecule has 21 heavy (non-hydrogen) atoms. The van der Waals surface area contributed by atoms with E-state index in [1.807, 2.05) is 55.4 Å². The Morgan fingerprint density at radius 2 is 1.71 bits per heavy atom. The number of halogens is 1. The van der Waals surface area contributed by atoms with Crippen LogP contribution in [0, 0.1) is 0 Å². The number of nitrogens with zero attached hydrogens (tertiary/aromatic N) is 2. The molecule has 0 saturated carbocycles. The van der Waals surface area contributed by atoms with Crippen molar-refractivity contribution in [1.82, 2.24) is 5.43 Å². The third-order valence-corrected chi connectivity index (χ3v) is 3.42. The monoisotopic (exact) mass is 345 g/mol. The van der Waals surface area contributed by atoms with Gasteiger partial charge in [0.25, 0.3) is 5.91 Å². The number of anilines is 1. The van der Waals surface area contributed by atoms with E-state index in [0.717, 1.165) is 15.7 Å². The lowest BCUT2D eigenvalue weighted by Gasteiger charge is -2.12. The zero-order valence-electron chi connectivity index (χ0n) is 11.9. The molecule has 108 valence electrons. The van der Waals surface area contributed by atoms with Gasteiger partial charge in [0, 0.05) is 29.8 Å². The Morgan fingerprint density at radius 3 is 2.29 bits per heavy atom. The van der Waals surface area contributed by atoms with Gasteiger partial charge in [0.15, 0.2) is 0 Å². The Balaban J connectivity index is 1.96. The molecule has 5 heteroatoms. The standard InChI is InChI=1S/C16H16BrN3O/c1-20(2)15-9-5-13(6-10-15)16(21)19-18-11-12-3-7-14(17)8-4-12/h3-11H,1-2H3,(H,19,21). The van der Waals surface area contributed by atoms with E-state index in [1.54, 1.807) is 18.3 Å². The van der Waals surface area contributed by atoms with Gasteiger partial charge in [-0.25, -0.2) is 5.43 Å². The molecule has 0 aliphatic rings. The summed E-state index contributed by atoms with van der Waals surface area (Å²) < 4.78 is 1.00. The lowest BCUT2D eigenvalue weighted by atomic mass is 10.2. The van der Waals surface area contributed by atoms with Crippen LogP contribution in [0.5, 0.6) is 0 Å². The maximum absolute atomic E-state index is 11.9. The second kappa shape index (κ2) is 7.04. The van der Waals surface area contributed by atoms with E-state index >= 15 is 0 Å². The van der Waals surface area contributed by atoms with Crippen LogP contribution in [0.2, 0.25) is 0 Å². The van der Waals surface area contributed by atoms with Crippen LogP contribution in [-0.2, 0) is 0 Å². The summed E-state index contributed by atoms with van der Waals surface area (Å²) in [7, 11) is 3.91. The summed E-state index contributed by atoms with van der Waals surface area (Å²) >= 11 is 3.37. The largest absolute Gasteiger partial charge is 0.378 e. The molecule has 0 fully saturated rings. The molecule has 2 aromatic rings. The Hall–Kier alpha value is -2.14. The number of hydrogen-bond donors (Lipinski definition) is 1. The Bertz CT molecular complexity index is 634. The van der Waals surface area contributed by atoms with Gasteiger partial charge in [-0.05, 0) is 42.0 Å². The first-order valence-corrected chi connectivity index (χ1v) is 7.22. The van der Waals surface area contributed by atoms with Crippen LogP contribution in [0.3, 0.4) is 0 Å². The van der Waals surface area contributed by atoms with Crippen molar-refractivity contribution in [2.24, 2.45) is 5.10 Å². The van der Waals surface area contributed by atoms with Crippen molar-refractivity contribution in [1.29, 1.82) is 0 Å². The van der Waals surface area contributed by atoms with Gasteiger partial charge >= 0.3 is 0 Å². The van der Waals surface area contributed by atoms with Gasteiger partial charge in [-0.2, -0.15) is 5.10 Å². The summed E-state index contributed by atoms with van der Waals surface area (Å²) in [5.41, 5.74) is 5.06. The zero-order chi connectivity index (χ0) is 15.2. The predicted octanol–water partition coefficient (Wildman–Crippen LogP) is 3.28. The van der Waals surface area contributed by atoms with Crippen LogP contribution in [0.25, 0.3) is 0 Å². The summed E-state index contributed by atoms with van der Waals surface area (Å²) in [6.45, 7) is 0. The van der Waals surface area contributed by atoms with Crippen LogP contribution in [0.4, 0.5) is 5.69 Å². The van der Waals surface area contributed by atoms with Crippen molar-refractivity contribution in [2.45, 2.75) is 0 Å². The summed E-state index contributed by atoms with van der Waals surface area (Å²) in [5.74, 6) is -0.228. The van der Waals surface area contributed by atoms with E-state index in [-0.39, 0.29) is 5.91 Å². The zero-order valence-corrected chi connectivity index (χ0v) is 13.5. The summed E-state index contributed by atoms with van der Waals surface area (Å²) in [6.07, 6.45) is 1.61. The van der Waals surface area contributed by atoms with E-state index in [4.69, 9.17) is 0 Å².